The van der Waals surface area contributed by atoms with Crippen LogP contribution in [-0.4, -0.2) is 14.8 Å². The van der Waals surface area contributed by atoms with Crippen LogP contribution in [0.2, 0.25) is 19.6 Å². The summed E-state index contributed by atoms with van der Waals surface area (Å²) >= 11 is 0. The van der Waals surface area contributed by atoms with Crippen LogP contribution in [0.3, 0.4) is 0 Å². The molecule has 66 heavy (non-hydrogen) atoms. The second-order valence-corrected chi connectivity index (χ2v) is 29.1. The normalized spacial score (nSPS) is 13.9. The Labute approximate surface area is 398 Å². The van der Waals surface area contributed by atoms with Gasteiger partial charge in [-0.15, -0.1) is 0 Å². The SMILES string of the molecule is CC(C)(C)c1cccc(C(C)(C)C)c1N1c2ccc([Si](C)(C)C)cc2B2c3ccc(N(c4ccccc4)c4ccccc4)cc3N(c3c(C(C)(C)C)cccc3C(C)(C)C)c3cccc1c32. The van der Waals surface area contributed by atoms with E-state index in [9.17, 15) is 0 Å². The minimum atomic E-state index is -1.75. The van der Waals surface area contributed by atoms with Gasteiger partial charge in [0.25, 0.3) is 6.71 Å². The molecule has 336 valence electrons. The van der Waals surface area contributed by atoms with Crippen LogP contribution < -0.4 is 36.3 Å². The molecule has 0 amide bonds. The number of hydrogen-bond donors (Lipinski definition) is 0. The van der Waals surface area contributed by atoms with Gasteiger partial charge in [0.2, 0.25) is 0 Å². The number of fused-ring (bicyclic) bond motifs is 4. The van der Waals surface area contributed by atoms with Crippen molar-refractivity contribution in [3.05, 3.63) is 174 Å². The lowest BCUT2D eigenvalue weighted by Crippen LogP contribution is -2.62. The maximum Gasteiger partial charge on any atom is 0.252 e. The highest BCUT2D eigenvalue weighted by Crippen LogP contribution is 2.52. The van der Waals surface area contributed by atoms with Gasteiger partial charge >= 0.3 is 0 Å². The van der Waals surface area contributed by atoms with Crippen LogP contribution in [0.5, 0.6) is 0 Å². The Kier molecular flexibility index (Phi) is 11.0. The molecule has 9 rings (SSSR count). The highest BCUT2D eigenvalue weighted by atomic mass is 28.3. The third-order valence-corrected chi connectivity index (χ3v) is 15.9. The monoisotopic (exact) mass is 884 g/mol. The van der Waals surface area contributed by atoms with Crippen molar-refractivity contribution >= 4 is 87.5 Å². The predicted molar refractivity (Wildman–Crippen MR) is 293 cm³/mol. The zero-order valence-electron chi connectivity index (χ0n) is 42.4. The summed E-state index contributed by atoms with van der Waals surface area (Å²) in [6, 6.07) is 57.9. The fraction of sp³-hybridized carbons (Fsp3) is 0.311. The van der Waals surface area contributed by atoms with Gasteiger partial charge in [-0.2, -0.15) is 0 Å². The Balaban J connectivity index is 1.45. The van der Waals surface area contributed by atoms with Crippen molar-refractivity contribution in [2.45, 2.75) is 124 Å². The van der Waals surface area contributed by atoms with E-state index in [4.69, 9.17) is 0 Å². The number of rotatable bonds is 6. The summed E-state index contributed by atoms with van der Waals surface area (Å²) in [5, 5.41) is 1.48. The van der Waals surface area contributed by atoms with Crippen LogP contribution in [0.1, 0.15) is 105 Å². The molecule has 0 atom stereocenters. The molecule has 2 aliphatic rings. The highest BCUT2D eigenvalue weighted by Gasteiger charge is 2.46. The molecule has 0 saturated carbocycles. The number of anilines is 9. The van der Waals surface area contributed by atoms with E-state index in [1.165, 1.54) is 78.0 Å². The van der Waals surface area contributed by atoms with E-state index in [0.29, 0.717) is 0 Å². The molecular weight excluding hydrogens is 814 g/mol. The summed E-state index contributed by atoms with van der Waals surface area (Å²) in [5.74, 6) is 0. The first kappa shape index (κ1) is 45.4. The van der Waals surface area contributed by atoms with Crippen LogP contribution in [0.4, 0.5) is 51.2 Å². The van der Waals surface area contributed by atoms with Crippen LogP contribution in [0.25, 0.3) is 0 Å². The van der Waals surface area contributed by atoms with E-state index in [0.717, 1.165) is 17.1 Å². The Morgan fingerprint density at radius 1 is 0.379 bits per heavy atom. The van der Waals surface area contributed by atoms with Crippen molar-refractivity contribution in [3.8, 4) is 0 Å². The van der Waals surface area contributed by atoms with Gasteiger partial charge in [0.1, 0.15) is 0 Å². The zero-order valence-corrected chi connectivity index (χ0v) is 43.4. The van der Waals surface area contributed by atoms with Gasteiger partial charge < -0.3 is 14.7 Å². The van der Waals surface area contributed by atoms with Crippen LogP contribution >= 0.6 is 0 Å². The van der Waals surface area contributed by atoms with Crippen molar-refractivity contribution in [1.82, 2.24) is 0 Å². The van der Waals surface area contributed by atoms with E-state index in [1.54, 1.807) is 0 Å². The molecule has 5 heteroatoms. The molecule has 0 saturated heterocycles. The van der Waals surface area contributed by atoms with Crippen molar-refractivity contribution in [2.24, 2.45) is 0 Å². The van der Waals surface area contributed by atoms with Crippen molar-refractivity contribution in [3.63, 3.8) is 0 Å². The van der Waals surface area contributed by atoms with Crippen LogP contribution in [0, 0.1) is 0 Å². The van der Waals surface area contributed by atoms with Crippen molar-refractivity contribution in [1.29, 1.82) is 0 Å². The van der Waals surface area contributed by atoms with E-state index in [1.807, 2.05) is 0 Å². The lowest BCUT2D eigenvalue weighted by molar-refractivity contribution is 0.569. The molecule has 3 nitrogen and oxygen atoms in total. The van der Waals surface area contributed by atoms with Crippen LogP contribution in [0.15, 0.2) is 152 Å². The standard InChI is InChI=1S/C61H70BN3Si/c1-58(2,3)45-29-22-30-46(59(4,5)6)56(45)64-51-38-36-44(66(13,14)15)40-50(51)62-49-37-35-43(63(41-25-18-16-19-26-41)42-27-20-17-21-28-42)39-54(49)65(53-34-24-33-52(64)55(53)62)57-47(60(7,8)9)31-23-32-48(57)61(10,11)12/h16-40H,1-15H3. The molecule has 0 aromatic heterocycles. The molecule has 0 N–H and O–H groups in total. The van der Waals surface area contributed by atoms with Gasteiger partial charge in [-0.05, 0) is 115 Å². The fourth-order valence-electron chi connectivity index (χ4n) is 10.6. The Bertz CT molecular complexity index is 2850. The Morgan fingerprint density at radius 3 is 1.23 bits per heavy atom. The first-order chi connectivity index (χ1) is 31.0. The summed E-state index contributed by atoms with van der Waals surface area (Å²) in [7, 11) is -1.75. The van der Waals surface area contributed by atoms with Crippen molar-refractivity contribution < 1.29 is 0 Å². The quantitative estimate of drug-likeness (QED) is 0.154. The first-order valence-electron chi connectivity index (χ1n) is 24.2. The topological polar surface area (TPSA) is 9.72 Å². The molecule has 0 radical (unpaired) electrons. The van der Waals surface area contributed by atoms with Crippen molar-refractivity contribution in [2.75, 3.05) is 14.7 Å². The summed E-state index contributed by atoms with van der Waals surface area (Å²) in [6.45, 7) is 36.0. The van der Waals surface area contributed by atoms with Gasteiger partial charge in [0, 0.05) is 39.8 Å². The van der Waals surface area contributed by atoms with Gasteiger partial charge in [-0.1, -0.05) is 205 Å². The molecule has 0 bridgehead atoms. The van der Waals surface area contributed by atoms with E-state index < -0.39 is 8.07 Å². The summed E-state index contributed by atoms with van der Waals surface area (Å²) in [5.41, 5.74) is 20.0. The third kappa shape index (κ3) is 7.81. The van der Waals surface area contributed by atoms with Gasteiger partial charge in [0.15, 0.2) is 0 Å². The minimum absolute atomic E-state index is 0.000669. The summed E-state index contributed by atoms with van der Waals surface area (Å²) in [4.78, 5) is 7.79. The first-order valence-corrected chi connectivity index (χ1v) is 27.7. The second-order valence-electron chi connectivity index (χ2n) is 24.0. The maximum atomic E-state index is 2.69. The fourth-order valence-corrected chi connectivity index (χ4v) is 11.8. The number of nitrogens with zero attached hydrogens (tertiary/aromatic N) is 3. The average molecular weight is 884 g/mol. The Hall–Kier alpha value is -5.78. The van der Waals surface area contributed by atoms with Crippen LogP contribution in [-0.2, 0) is 21.7 Å². The number of hydrogen-bond acceptors (Lipinski definition) is 3. The zero-order chi connectivity index (χ0) is 47.3. The highest BCUT2D eigenvalue weighted by molar-refractivity contribution is 7.01. The lowest BCUT2D eigenvalue weighted by Gasteiger charge is -2.47. The molecule has 7 aromatic carbocycles. The number of benzene rings is 7. The maximum absolute atomic E-state index is 2.69. The second kappa shape index (κ2) is 15.9. The molecule has 0 unspecified atom stereocenters. The average Bonchev–Trinajstić information content (AvgIpc) is 3.25. The van der Waals surface area contributed by atoms with E-state index in [-0.39, 0.29) is 28.4 Å². The third-order valence-electron chi connectivity index (χ3n) is 13.9. The smallest absolute Gasteiger partial charge is 0.252 e. The molecular formula is C61H70BN3Si. The molecule has 7 aromatic rings. The van der Waals surface area contributed by atoms with Gasteiger partial charge in [0.05, 0.1) is 19.4 Å². The molecule has 0 aliphatic carbocycles. The van der Waals surface area contributed by atoms with Gasteiger partial charge in [-0.3, -0.25) is 0 Å². The summed E-state index contributed by atoms with van der Waals surface area (Å²) in [6.07, 6.45) is 0. The predicted octanol–water partition coefficient (Wildman–Crippen LogP) is 15.0. The number of para-hydroxylation sites is 4. The lowest BCUT2D eigenvalue weighted by atomic mass is 9.33. The summed E-state index contributed by atoms with van der Waals surface area (Å²) < 4.78 is 0. The molecule has 2 heterocycles. The minimum Gasteiger partial charge on any atom is -0.311 e. The largest absolute Gasteiger partial charge is 0.311 e. The molecule has 2 aliphatic heterocycles. The molecule has 0 fully saturated rings. The molecule has 0 spiro atoms. The van der Waals surface area contributed by atoms with E-state index >= 15 is 0 Å². The van der Waals surface area contributed by atoms with Gasteiger partial charge in [-0.25, -0.2) is 0 Å². The van der Waals surface area contributed by atoms with E-state index in [2.05, 4.69) is 269 Å². The Morgan fingerprint density at radius 2 is 0.803 bits per heavy atom.